The van der Waals surface area contributed by atoms with Crippen LogP contribution in [0.3, 0.4) is 0 Å². The number of hydrogen-bond donors (Lipinski definition) is 1. The van der Waals surface area contributed by atoms with Crippen molar-refractivity contribution in [3.8, 4) is 0 Å². The molecule has 0 radical (unpaired) electrons. The molecule has 0 aromatic carbocycles. The Hall–Kier alpha value is 2.11. The minimum atomic E-state index is 0. The largest absolute Gasteiger partial charge is 0.396 e. The molecule has 0 aliphatic heterocycles. The zero-order valence-electron chi connectivity index (χ0n) is 5.29. The molecule has 0 aliphatic rings. The third kappa shape index (κ3) is 39.3. The summed E-state index contributed by atoms with van der Waals surface area (Å²) in [6, 6.07) is 0. The van der Waals surface area contributed by atoms with Crippen molar-refractivity contribution in [2.45, 2.75) is 19.8 Å². The molecule has 0 atom stereocenters. The molecule has 60 valence electrons. The smallest absolute Gasteiger partial charge is 0.0430 e. The van der Waals surface area contributed by atoms with Gasteiger partial charge in [0.1, 0.15) is 0 Å². The van der Waals surface area contributed by atoms with Crippen molar-refractivity contribution in [2.24, 2.45) is 0 Å². The van der Waals surface area contributed by atoms with E-state index in [-0.39, 0.29) is 72.7 Å². The minimum absolute atomic E-state index is 0. The van der Waals surface area contributed by atoms with Gasteiger partial charge in [-0.1, -0.05) is 13.3 Å². The molecule has 0 aromatic rings. The predicted octanol–water partition coefficient (Wildman–Crippen LogP) is 2.51. The predicted molar refractivity (Wildman–Crippen MR) is 53.0 cm³/mol. The zero-order chi connectivity index (χ0) is 4.12. The Labute approximate surface area is 103 Å². The van der Waals surface area contributed by atoms with Crippen molar-refractivity contribution in [1.82, 2.24) is 0 Å². The van der Waals surface area contributed by atoms with Crippen molar-refractivity contribution in [3.05, 3.63) is 0 Å². The van der Waals surface area contributed by atoms with Gasteiger partial charge in [-0.3, -0.25) is 0 Å². The molecule has 0 rings (SSSR count). The molecule has 0 saturated heterocycles. The molecule has 0 bridgehead atoms. The Balaban J connectivity index is -0.0000000133. The molecule has 0 unspecified atom stereocenters. The molecule has 0 fully saturated rings. The van der Waals surface area contributed by atoms with E-state index in [2.05, 4.69) is 6.92 Å². The zero-order valence-corrected chi connectivity index (χ0v) is 12.0. The van der Waals surface area contributed by atoms with Gasteiger partial charge < -0.3 is 5.11 Å². The number of rotatable bonds is 2. The second-order valence-corrected chi connectivity index (χ2v) is 1.08. The summed E-state index contributed by atoms with van der Waals surface area (Å²) in [7, 11) is 0. The molecule has 0 aliphatic carbocycles. The van der Waals surface area contributed by atoms with Crippen LogP contribution in [0.4, 0.5) is 0 Å². The van der Waals surface area contributed by atoms with Gasteiger partial charge in [0.25, 0.3) is 0 Å². The van der Waals surface area contributed by atoms with Crippen molar-refractivity contribution >= 4 is 50.9 Å². The molecule has 0 amide bonds. The molecule has 5 heteroatoms. The van der Waals surface area contributed by atoms with E-state index in [4.69, 9.17) is 5.11 Å². The third-order valence-corrected chi connectivity index (χ3v) is 0.512. The Kier molecular flexibility index (Phi) is 109. The normalized spacial score (nSPS) is 4.67. The second-order valence-electron chi connectivity index (χ2n) is 1.08. The first kappa shape index (κ1) is 30.4. The van der Waals surface area contributed by atoms with Crippen molar-refractivity contribution in [3.63, 3.8) is 0 Å². The Morgan fingerprint density at radius 1 is 1.11 bits per heavy atom. The fraction of sp³-hybridized carbons (Fsp3) is 1.00. The van der Waals surface area contributed by atoms with Crippen LogP contribution in [-0.4, -0.2) is 11.7 Å². The van der Waals surface area contributed by atoms with E-state index < -0.39 is 0 Å². The first-order chi connectivity index (χ1) is 2.41. The van der Waals surface area contributed by atoms with Gasteiger partial charge in [-0.25, -0.2) is 0 Å². The summed E-state index contributed by atoms with van der Waals surface area (Å²) in [5.74, 6) is 0. The number of aliphatic hydroxyl groups excluding tert-OH is 1. The summed E-state index contributed by atoms with van der Waals surface area (Å²) in [6.45, 7) is 2.40. The Bertz CT molecular complexity index is 23.3. The van der Waals surface area contributed by atoms with Crippen LogP contribution in [-0.2, 0) is 21.7 Å². The van der Waals surface area contributed by atoms with Crippen LogP contribution in [0.5, 0.6) is 0 Å². The summed E-state index contributed by atoms with van der Waals surface area (Å²) >= 11 is 0. The van der Waals surface area contributed by atoms with Crippen molar-refractivity contribution in [1.29, 1.82) is 0 Å². The fourth-order valence-corrected chi connectivity index (χ4v) is 0.158. The monoisotopic (exact) mass is 362 g/mol. The molecular formula is C4H13Br3OTi. The van der Waals surface area contributed by atoms with Gasteiger partial charge in [-0.05, 0) is 6.42 Å². The summed E-state index contributed by atoms with van der Waals surface area (Å²) < 4.78 is 0. The molecule has 0 spiro atoms. The number of hydrogen-bond acceptors (Lipinski definition) is 1. The van der Waals surface area contributed by atoms with Gasteiger partial charge in [0.05, 0.1) is 0 Å². The minimum Gasteiger partial charge on any atom is -0.396 e. The standard InChI is InChI=1S/C4H10O.3BrH.Ti/c1-2-3-4-5;;;;/h5H,2-4H2,1H3;3*1H;. The maximum Gasteiger partial charge on any atom is 0.0430 e. The third-order valence-electron chi connectivity index (χ3n) is 0.512. The maximum atomic E-state index is 8.07. The topological polar surface area (TPSA) is 20.2 Å². The van der Waals surface area contributed by atoms with Crippen molar-refractivity contribution < 1.29 is 26.8 Å². The van der Waals surface area contributed by atoms with Gasteiger partial charge in [0.2, 0.25) is 0 Å². The molecule has 0 saturated carbocycles. The van der Waals surface area contributed by atoms with E-state index in [0.717, 1.165) is 12.8 Å². The number of unbranched alkanes of at least 4 members (excludes halogenated alkanes) is 1. The molecule has 1 N–H and O–H groups in total. The Morgan fingerprint density at radius 3 is 1.44 bits per heavy atom. The van der Waals surface area contributed by atoms with Crippen LogP contribution < -0.4 is 0 Å². The maximum absolute atomic E-state index is 8.07. The van der Waals surface area contributed by atoms with Gasteiger partial charge in [0.15, 0.2) is 0 Å². The van der Waals surface area contributed by atoms with E-state index >= 15 is 0 Å². The molecule has 0 aromatic heterocycles. The molecule has 9 heavy (non-hydrogen) atoms. The van der Waals surface area contributed by atoms with Crippen LogP contribution in [0.1, 0.15) is 19.8 Å². The number of halogens is 3. The average molecular weight is 365 g/mol. The molecular weight excluding hydrogens is 352 g/mol. The fourth-order valence-electron chi connectivity index (χ4n) is 0.158. The Morgan fingerprint density at radius 2 is 1.44 bits per heavy atom. The van der Waals surface area contributed by atoms with E-state index in [0.29, 0.717) is 6.61 Å². The van der Waals surface area contributed by atoms with Crippen molar-refractivity contribution in [2.75, 3.05) is 6.61 Å². The second kappa shape index (κ2) is 32.1. The molecule has 1 nitrogen and oxygen atoms in total. The first-order valence-corrected chi connectivity index (χ1v) is 2.02. The SMILES string of the molecule is Br.Br.Br.CCCCO.[Ti]. The number of aliphatic hydroxyl groups is 1. The van der Waals surface area contributed by atoms with Crippen LogP contribution in [0, 0.1) is 0 Å². The van der Waals surface area contributed by atoms with Crippen LogP contribution in [0.15, 0.2) is 0 Å². The quantitative estimate of drug-likeness (QED) is 0.747. The van der Waals surface area contributed by atoms with E-state index in [1.807, 2.05) is 0 Å². The van der Waals surface area contributed by atoms with Gasteiger partial charge in [0, 0.05) is 28.3 Å². The van der Waals surface area contributed by atoms with Crippen LogP contribution >= 0.6 is 50.9 Å². The average Bonchev–Trinajstić information content (AvgIpc) is 1.41. The van der Waals surface area contributed by atoms with E-state index in [9.17, 15) is 0 Å². The summed E-state index contributed by atoms with van der Waals surface area (Å²) in [5.41, 5.74) is 0. The van der Waals surface area contributed by atoms with E-state index in [1.165, 1.54) is 0 Å². The summed E-state index contributed by atoms with van der Waals surface area (Å²) in [5, 5.41) is 8.07. The first-order valence-electron chi connectivity index (χ1n) is 2.02. The van der Waals surface area contributed by atoms with Crippen LogP contribution in [0.25, 0.3) is 0 Å². The summed E-state index contributed by atoms with van der Waals surface area (Å²) in [6.07, 6.45) is 2.04. The molecule has 0 heterocycles. The van der Waals surface area contributed by atoms with E-state index in [1.54, 1.807) is 0 Å². The van der Waals surface area contributed by atoms with Gasteiger partial charge in [-0.2, -0.15) is 0 Å². The van der Waals surface area contributed by atoms with Gasteiger partial charge >= 0.3 is 0 Å². The van der Waals surface area contributed by atoms with Crippen LogP contribution in [0.2, 0.25) is 0 Å². The van der Waals surface area contributed by atoms with Gasteiger partial charge in [-0.15, -0.1) is 50.9 Å². The summed E-state index contributed by atoms with van der Waals surface area (Å²) in [4.78, 5) is 0.